The number of methoxy groups -OCH3 is 1. The summed E-state index contributed by atoms with van der Waals surface area (Å²) in [5.41, 5.74) is 1.40. The number of nitrogens with zero attached hydrogens (tertiary/aromatic N) is 4. The third kappa shape index (κ3) is 4.72. The Bertz CT molecular complexity index is 995. The van der Waals surface area contributed by atoms with Crippen LogP contribution < -0.4 is 15.0 Å². The summed E-state index contributed by atoms with van der Waals surface area (Å²) in [5.74, 6) is 0.615. The van der Waals surface area contributed by atoms with E-state index in [0.717, 1.165) is 37.6 Å². The Morgan fingerprint density at radius 2 is 1.97 bits per heavy atom. The minimum atomic E-state index is -0.244. The molecule has 1 aliphatic rings. The molecular formula is C22H26FN5O3. The molecule has 0 radical (unpaired) electrons. The molecule has 1 aliphatic heterocycles. The number of benzene rings is 1. The molecule has 0 aliphatic carbocycles. The van der Waals surface area contributed by atoms with Gasteiger partial charge >= 0.3 is 0 Å². The molecular weight excluding hydrogens is 401 g/mol. The zero-order valence-electron chi connectivity index (χ0n) is 17.6. The van der Waals surface area contributed by atoms with E-state index in [9.17, 15) is 9.18 Å². The van der Waals surface area contributed by atoms with Crippen LogP contribution in [0.3, 0.4) is 0 Å². The number of furan rings is 1. The third-order valence-corrected chi connectivity index (χ3v) is 5.51. The van der Waals surface area contributed by atoms with Crippen molar-refractivity contribution in [1.82, 2.24) is 20.0 Å². The first-order valence-electron chi connectivity index (χ1n) is 10.2. The molecule has 1 unspecified atom stereocenters. The van der Waals surface area contributed by atoms with Gasteiger partial charge < -0.3 is 19.4 Å². The highest BCUT2D eigenvalue weighted by molar-refractivity contribution is 5.96. The summed E-state index contributed by atoms with van der Waals surface area (Å²) >= 11 is 0. The molecule has 0 bridgehead atoms. The molecule has 3 aromatic rings. The van der Waals surface area contributed by atoms with Gasteiger partial charge in [-0.3, -0.25) is 14.4 Å². The molecule has 8 nitrogen and oxygen atoms in total. The SMILES string of the molecule is COc1nn(C)cc1C(=O)NCC(c1ccco1)N1CCN(c2ccc(F)cc2)CC1. The second-order valence-corrected chi connectivity index (χ2v) is 7.47. The maximum absolute atomic E-state index is 13.2. The molecule has 1 fully saturated rings. The molecule has 1 N–H and O–H groups in total. The summed E-state index contributed by atoms with van der Waals surface area (Å²) in [6.45, 7) is 3.56. The highest BCUT2D eigenvalue weighted by Gasteiger charge is 2.28. The van der Waals surface area contributed by atoms with E-state index in [2.05, 4.69) is 20.2 Å². The molecule has 2 aromatic heterocycles. The minimum absolute atomic E-state index is 0.100. The lowest BCUT2D eigenvalue weighted by Gasteiger charge is -2.39. The van der Waals surface area contributed by atoms with Gasteiger partial charge in [-0.2, -0.15) is 0 Å². The van der Waals surface area contributed by atoms with Crippen molar-refractivity contribution in [2.24, 2.45) is 7.05 Å². The van der Waals surface area contributed by atoms with Crippen LogP contribution in [0.15, 0.2) is 53.3 Å². The third-order valence-electron chi connectivity index (χ3n) is 5.51. The number of piperazine rings is 1. The maximum Gasteiger partial charge on any atom is 0.258 e. The Balaban J connectivity index is 1.42. The Morgan fingerprint density at radius 3 is 2.61 bits per heavy atom. The summed E-state index contributed by atoms with van der Waals surface area (Å²) in [5, 5.41) is 7.13. The van der Waals surface area contributed by atoms with Crippen LogP contribution in [0, 0.1) is 5.82 Å². The number of aromatic nitrogens is 2. The van der Waals surface area contributed by atoms with Gasteiger partial charge in [0.1, 0.15) is 17.1 Å². The van der Waals surface area contributed by atoms with E-state index < -0.39 is 0 Å². The zero-order chi connectivity index (χ0) is 21.8. The molecule has 1 saturated heterocycles. The lowest BCUT2D eigenvalue weighted by molar-refractivity contribution is 0.0920. The summed E-state index contributed by atoms with van der Waals surface area (Å²) in [6.07, 6.45) is 3.28. The Kier molecular flexibility index (Phi) is 6.22. The Hall–Kier alpha value is -3.33. The van der Waals surface area contributed by atoms with Gasteiger partial charge in [0.15, 0.2) is 0 Å². The number of ether oxygens (including phenoxy) is 1. The topological polar surface area (TPSA) is 75.8 Å². The van der Waals surface area contributed by atoms with Gasteiger partial charge in [-0.15, -0.1) is 5.10 Å². The standard InChI is InChI=1S/C22H26FN5O3/c1-26-15-18(22(25-26)30-2)21(29)24-14-19(20-4-3-13-31-20)28-11-9-27(10-12-28)17-7-5-16(23)6-8-17/h3-8,13,15,19H,9-12,14H2,1-2H3,(H,24,29). The summed E-state index contributed by atoms with van der Waals surface area (Å²) < 4.78 is 25.6. The van der Waals surface area contributed by atoms with Crippen molar-refractivity contribution in [3.8, 4) is 5.88 Å². The first-order valence-corrected chi connectivity index (χ1v) is 10.2. The Labute approximate surface area is 180 Å². The van der Waals surface area contributed by atoms with Crippen molar-refractivity contribution in [1.29, 1.82) is 0 Å². The Morgan fingerprint density at radius 1 is 1.23 bits per heavy atom. The smallest absolute Gasteiger partial charge is 0.258 e. The van der Waals surface area contributed by atoms with Crippen LogP contribution in [0.25, 0.3) is 0 Å². The lowest BCUT2D eigenvalue weighted by Crippen LogP contribution is -2.49. The van der Waals surface area contributed by atoms with Crippen molar-refractivity contribution >= 4 is 11.6 Å². The second-order valence-electron chi connectivity index (χ2n) is 7.47. The van der Waals surface area contributed by atoms with Crippen LogP contribution in [0.1, 0.15) is 22.2 Å². The van der Waals surface area contributed by atoms with Gasteiger partial charge in [-0.05, 0) is 36.4 Å². The van der Waals surface area contributed by atoms with Crippen LogP contribution in [0.5, 0.6) is 5.88 Å². The van der Waals surface area contributed by atoms with Crippen LogP contribution in [-0.4, -0.2) is 60.4 Å². The summed E-state index contributed by atoms with van der Waals surface area (Å²) in [4.78, 5) is 17.2. The average molecular weight is 427 g/mol. The number of carbonyl (C=O) groups is 1. The van der Waals surface area contributed by atoms with Gasteiger partial charge in [-0.25, -0.2) is 4.39 Å². The molecule has 1 atom stereocenters. The van der Waals surface area contributed by atoms with Crippen molar-refractivity contribution in [2.75, 3.05) is 44.7 Å². The zero-order valence-corrected chi connectivity index (χ0v) is 17.6. The van der Waals surface area contributed by atoms with Gasteiger partial charge in [0.05, 0.1) is 19.4 Å². The van der Waals surface area contributed by atoms with Crippen LogP contribution >= 0.6 is 0 Å². The van der Waals surface area contributed by atoms with Crippen LogP contribution in [0.4, 0.5) is 10.1 Å². The van der Waals surface area contributed by atoms with E-state index in [1.54, 1.807) is 36.3 Å². The quantitative estimate of drug-likeness (QED) is 0.624. The van der Waals surface area contributed by atoms with E-state index in [-0.39, 0.29) is 17.8 Å². The normalized spacial score (nSPS) is 15.6. The summed E-state index contributed by atoms with van der Waals surface area (Å²) in [7, 11) is 3.23. The minimum Gasteiger partial charge on any atom is -0.479 e. The number of carbonyl (C=O) groups excluding carboxylic acids is 1. The van der Waals surface area contributed by atoms with Crippen molar-refractivity contribution in [3.05, 3.63) is 66.0 Å². The number of aryl methyl sites for hydroxylation is 1. The van der Waals surface area contributed by atoms with Crippen molar-refractivity contribution < 1.29 is 18.3 Å². The lowest BCUT2D eigenvalue weighted by atomic mass is 10.1. The number of nitrogens with one attached hydrogen (secondary N) is 1. The van der Waals surface area contributed by atoms with E-state index in [0.29, 0.717) is 18.0 Å². The van der Waals surface area contributed by atoms with Gasteiger partial charge in [0.2, 0.25) is 5.88 Å². The monoisotopic (exact) mass is 427 g/mol. The van der Waals surface area contributed by atoms with Gasteiger partial charge in [0, 0.05) is 51.7 Å². The molecule has 31 heavy (non-hydrogen) atoms. The number of rotatable bonds is 7. The number of halogens is 1. The first-order chi connectivity index (χ1) is 15.0. The molecule has 9 heteroatoms. The number of hydrogen-bond acceptors (Lipinski definition) is 6. The van der Waals surface area contributed by atoms with E-state index in [1.807, 2.05) is 12.1 Å². The predicted octanol–water partition coefficient (Wildman–Crippen LogP) is 2.45. The van der Waals surface area contributed by atoms with Crippen molar-refractivity contribution in [2.45, 2.75) is 6.04 Å². The number of amides is 1. The molecule has 164 valence electrons. The fourth-order valence-electron chi connectivity index (χ4n) is 3.89. The van der Waals surface area contributed by atoms with E-state index in [1.165, 1.54) is 19.2 Å². The molecule has 1 aromatic carbocycles. The predicted molar refractivity (Wildman–Crippen MR) is 114 cm³/mol. The highest BCUT2D eigenvalue weighted by atomic mass is 19.1. The molecule has 0 spiro atoms. The number of hydrogen-bond donors (Lipinski definition) is 1. The molecule has 0 saturated carbocycles. The second kappa shape index (κ2) is 9.22. The highest BCUT2D eigenvalue weighted by Crippen LogP contribution is 2.25. The average Bonchev–Trinajstić information content (AvgIpc) is 3.44. The van der Waals surface area contributed by atoms with Crippen molar-refractivity contribution in [3.63, 3.8) is 0 Å². The molecule has 1 amide bonds. The van der Waals surface area contributed by atoms with Crippen LogP contribution in [0.2, 0.25) is 0 Å². The molecule has 4 rings (SSSR count). The largest absolute Gasteiger partial charge is 0.479 e. The van der Waals surface area contributed by atoms with Crippen LogP contribution in [-0.2, 0) is 7.05 Å². The van der Waals surface area contributed by atoms with Gasteiger partial charge in [0.25, 0.3) is 5.91 Å². The fourth-order valence-corrected chi connectivity index (χ4v) is 3.89. The molecule has 3 heterocycles. The first kappa shape index (κ1) is 20.9. The van der Waals surface area contributed by atoms with E-state index >= 15 is 0 Å². The summed E-state index contributed by atoms with van der Waals surface area (Å²) in [6, 6.07) is 10.2. The fraction of sp³-hybridized carbons (Fsp3) is 0.364. The van der Waals surface area contributed by atoms with E-state index in [4.69, 9.17) is 9.15 Å². The maximum atomic E-state index is 13.2. The number of anilines is 1. The van der Waals surface area contributed by atoms with Gasteiger partial charge in [-0.1, -0.05) is 0 Å².